The number of aryl methyl sites for hydroxylation is 1. The van der Waals surface area contributed by atoms with Crippen molar-refractivity contribution >= 4 is 38.8 Å². The van der Waals surface area contributed by atoms with Crippen LogP contribution in [-0.4, -0.2) is 25.8 Å². The van der Waals surface area contributed by atoms with Crippen LogP contribution in [0.3, 0.4) is 0 Å². The summed E-state index contributed by atoms with van der Waals surface area (Å²) >= 11 is 1.44. The maximum atomic E-state index is 12.4. The molecule has 3 aromatic heterocycles. The Morgan fingerprint density at radius 1 is 1.17 bits per heavy atom. The van der Waals surface area contributed by atoms with Crippen LogP contribution < -0.4 is 5.56 Å². The number of hydrogen-bond acceptors (Lipinski definition) is 6. The summed E-state index contributed by atoms with van der Waals surface area (Å²) in [5.41, 5.74) is 2.01. The van der Waals surface area contributed by atoms with Gasteiger partial charge in [-0.25, -0.2) is 9.97 Å². The standard InChI is InChI=1S/C16H11N5OS/c1-10-19-15-12(6-7-23-15)16(22)21(10)18-9-11-8-17-13-4-2-3-5-14(13)20-11/h2-9H,1H3/b18-9-. The number of benzene rings is 1. The molecule has 0 N–H and O–H groups in total. The number of thiophene rings is 1. The number of aromatic nitrogens is 4. The van der Waals surface area contributed by atoms with Crippen LogP contribution in [0, 0.1) is 6.92 Å². The summed E-state index contributed by atoms with van der Waals surface area (Å²) in [6.07, 6.45) is 3.15. The normalized spacial score (nSPS) is 11.7. The number of fused-ring (bicyclic) bond motifs is 2. The van der Waals surface area contributed by atoms with Crippen molar-refractivity contribution in [3.63, 3.8) is 0 Å². The maximum absolute atomic E-state index is 12.4. The summed E-state index contributed by atoms with van der Waals surface area (Å²) in [7, 11) is 0. The van der Waals surface area contributed by atoms with Gasteiger partial charge in [-0.2, -0.15) is 9.78 Å². The molecule has 3 heterocycles. The van der Waals surface area contributed by atoms with Crippen LogP contribution in [0.4, 0.5) is 0 Å². The van der Waals surface area contributed by atoms with Gasteiger partial charge in [0.15, 0.2) is 0 Å². The van der Waals surface area contributed by atoms with E-state index in [1.165, 1.54) is 22.2 Å². The second kappa shape index (κ2) is 5.36. The van der Waals surface area contributed by atoms with Crippen molar-refractivity contribution in [1.82, 2.24) is 19.6 Å². The largest absolute Gasteiger partial charge is 0.282 e. The number of rotatable bonds is 2. The second-order valence-electron chi connectivity index (χ2n) is 4.94. The topological polar surface area (TPSA) is 73.0 Å². The molecule has 0 radical (unpaired) electrons. The minimum Gasteiger partial charge on any atom is -0.267 e. The van der Waals surface area contributed by atoms with Crippen molar-refractivity contribution in [2.75, 3.05) is 0 Å². The van der Waals surface area contributed by atoms with Gasteiger partial charge in [-0.05, 0) is 30.5 Å². The summed E-state index contributed by atoms with van der Waals surface area (Å²) in [6, 6.07) is 9.36. The first kappa shape index (κ1) is 13.7. The van der Waals surface area contributed by atoms with E-state index in [0.717, 1.165) is 15.9 Å². The van der Waals surface area contributed by atoms with Crippen LogP contribution in [-0.2, 0) is 0 Å². The minimum absolute atomic E-state index is 0.182. The van der Waals surface area contributed by atoms with Crippen molar-refractivity contribution in [3.05, 3.63) is 63.8 Å². The van der Waals surface area contributed by atoms with Crippen molar-refractivity contribution in [2.24, 2.45) is 5.10 Å². The van der Waals surface area contributed by atoms with E-state index in [0.29, 0.717) is 16.9 Å². The predicted molar refractivity (Wildman–Crippen MR) is 91.1 cm³/mol. The van der Waals surface area contributed by atoms with Crippen molar-refractivity contribution < 1.29 is 0 Å². The van der Waals surface area contributed by atoms with Gasteiger partial charge in [0, 0.05) is 0 Å². The highest BCUT2D eigenvalue weighted by atomic mass is 32.1. The Balaban J connectivity index is 1.79. The van der Waals surface area contributed by atoms with Gasteiger partial charge in [-0.1, -0.05) is 12.1 Å². The summed E-state index contributed by atoms with van der Waals surface area (Å²) in [4.78, 5) is 26.3. The minimum atomic E-state index is -0.182. The van der Waals surface area contributed by atoms with E-state index in [1.54, 1.807) is 19.2 Å². The molecule has 0 atom stereocenters. The first-order valence-corrected chi connectivity index (χ1v) is 7.83. The predicted octanol–water partition coefficient (Wildman–Crippen LogP) is 2.59. The molecule has 0 bridgehead atoms. The highest BCUT2D eigenvalue weighted by Gasteiger charge is 2.08. The molecule has 0 saturated heterocycles. The smallest absolute Gasteiger partial charge is 0.267 e. The first-order valence-electron chi connectivity index (χ1n) is 6.95. The lowest BCUT2D eigenvalue weighted by Gasteiger charge is -2.02. The van der Waals surface area contributed by atoms with E-state index in [-0.39, 0.29) is 5.56 Å². The quantitative estimate of drug-likeness (QED) is 0.532. The third kappa shape index (κ3) is 2.40. The summed E-state index contributed by atoms with van der Waals surface area (Å²) in [5.74, 6) is 0.537. The zero-order chi connectivity index (χ0) is 15.8. The van der Waals surface area contributed by atoms with E-state index in [9.17, 15) is 4.79 Å². The van der Waals surface area contributed by atoms with E-state index in [4.69, 9.17) is 0 Å². The van der Waals surface area contributed by atoms with Crippen LogP contribution in [0.5, 0.6) is 0 Å². The van der Waals surface area contributed by atoms with Crippen molar-refractivity contribution in [2.45, 2.75) is 6.92 Å². The van der Waals surface area contributed by atoms with Gasteiger partial charge in [-0.3, -0.25) is 9.78 Å². The molecule has 4 aromatic rings. The van der Waals surface area contributed by atoms with Crippen LogP contribution in [0.2, 0.25) is 0 Å². The van der Waals surface area contributed by atoms with Gasteiger partial charge in [0.2, 0.25) is 0 Å². The lowest BCUT2D eigenvalue weighted by Crippen LogP contribution is -2.19. The lowest BCUT2D eigenvalue weighted by atomic mass is 10.3. The Morgan fingerprint density at radius 3 is 2.87 bits per heavy atom. The molecule has 1 aromatic carbocycles. The molecule has 23 heavy (non-hydrogen) atoms. The molecule has 0 aliphatic rings. The van der Waals surface area contributed by atoms with Crippen molar-refractivity contribution in [1.29, 1.82) is 0 Å². The van der Waals surface area contributed by atoms with Crippen LogP contribution in [0.15, 0.2) is 51.8 Å². The zero-order valence-corrected chi connectivity index (χ0v) is 13.0. The highest BCUT2D eigenvalue weighted by Crippen LogP contribution is 2.14. The Hall–Kier alpha value is -2.93. The molecule has 0 spiro atoms. The fourth-order valence-electron chi connectivity index (χ4n) is 2.29. The molecule has 0 unspecified atom stereocenters. The summed E-state index contributed by atoms with van der Waals surface area (Å²) < 4.78 is 1.28. The van der Waals surface area contributed by atoms with E-state index < -0.39 is 0 Å². The average molecular weight is 321 g/mol. The Bertz CT molecular complexity index is 1110. The molecule has 112 valence electrons. The Kier molecular flexibility index (Phi) is 3.20. The van der Waals surface area contributed by atoms with Crippen LogP contribution in [0.25, 0.3) is 21.3 Å². The van der Waals surface area contributed by atoms with E-state index in [1.807, 2.05) is 29.6 Å². The molecule has 6 nitrogen and oxygen atoms in total. The zero-order valence-electron chi connectivity index (χ0n) is 12.2. The molecule has 0 aliphatic carbocycles. The van der Waals surface area contributed by atoms with Gasteiger partial charge < -0.3 is 0 Å². The fourth-order valence-corrected chi connectivity index (χ4v) is 3.09. The monoisotopic (exact) mass is 321 g/mol. The third-order valence-electron chi connectivity index (χ3n) is 3.41. The third-order valence-corrected chi connectivity index (χ3v) is 4.22. The van der Waals surface area contributed by atoms with Gasteiger partial charge in [0.05, 0.1) is 28.8 Å². The maximum Gasteiger partial charge on any atom is 0.282 e. The molecular weight excluding hydrogens is 310 g/mol. The fraction of sp³-hybridized carbons (Fsp3) is 0.0625. The first-order chi connectivity index (χ1) is 11.2. The van der Waals surface area contributed by atoms with Crippen molar-refractivity contribution in [3.8, 4) is 0 Å². The second-order valence-corrected chi connectivity index (χ2v) is 5.84. The SMILES string of the molecule is Cc1nc2sccc2c(=O)n1/N=C\c1cnc2ccccc2n1. The molecule has 4 rings (SSSR count). The molecule has 0 amide bonds. The molecule has 0 saturated carbocycles. The average Bonchev–Trinajstić information content (AvgIpc) is 3.03. The Labute approximate surface area is 134 Å². The lowest BCUT2D eigenvalue weighted by molar-refractivity contribution is 0.772. The van der Waals surface area contributed by atoms with E-state index >= 15 is 0 Å². The highest BCUT2D eigenvalue weighted by molar-refractivity contribution is 7.16. The Morgan fingerprint density at radius 2 is 2.00 bits per heavy atom. The van der Waals surface area contributed by atoms with Gasteiger partial charge in [0.25, 0.3) is 5.56 Å². The van der Waals surface area contributed by atoms with Gasteiger partial charge in [-0.15, -0.1) is 11.3 Å². The number of para-hydroxylation sites is 2. The summed E-state index contributed by atoms with van der Waals surface area (Å²) in [5, 5.41) is 6.65. The molecule has 0 fully saturated rings. The van der Waals surface area contributed by atoms with Gasteiger partial charge in [0.1, 0.15) is 16.3 Å². The van der Waals surface area contributed by atoms with Gasteiger partial charge >= 0.3 is 0 Å². The molecule has 0 aliphatic heterocycles. The number of hydrogen-bond donors (Lipinski definition) is 0. The number of nitrogens with zero attached hydrogens (tertiary/aromatic N) is 5. The van der Waals surface area contributed by atoms with E-state index in [2.05, 4.69) is 20.1 Å². The molecule has 7 heteroatoms. The summed E-state index contributed by atoms with van der Waals surface area (Å²) in [6.45, 7) is 1.75. The van der Waals surface area contributed by atoms with Crippen LogP contribution >= 0.6 is 11.3 Å². The van der Waals surface area contributed by atoms with Crippen LogP contribution in [0.1, 0.15) is 11.5 Å². The molecular formula is C16H11N5OS.